The minimum atomic E-state index is -4.64. The molecule has 0 amide bonds. The van der Waals surface area contributed by atoms with Crippen molar-refractivity contribution in [2.45, 2.75) is 206 Å². The zero-order valence-corrected chi connectivity index (χ0v) is 36.9. The van der Waals surface area contributed by atoms with Crippen molar-refractivity contribution in [3.05, 3.63) is 48.6 Å². The number of hydrogen-bond acceptors (Lipinski definition) is 9. The van der Waals surface area contributed by atoms with Crippen LogP contribution >= 0.6 is 7.82 Å². The van der Waals surface area contributed by atoms with Crippen molar-refractivity contribution in [2.75, 3.05) is 26.4 Å². The van der Waals surface area contributed by atoms with Crippen molar-refractivity contribution in [3.63, 3.8) is 0 Å². The van der Waals surface area contributed by atoms with Crippen LogP contribution in [0.2, 0.25) is 0 Å². The molecule has 0 aromatic carbocycles. The molecule has 332 valence electrons. The van der Waals surface area contributed by atoms with E-state index in [1.807, 2.05) is 0 Å². The Morgan fingerprint density at radius 2 is 0.772 bits per heavy atom. The lowest BCUT2D eigenvalue weighted by Crippen LogP contribution is -2.28. The first-order valence-corrected chi connectivity index (χ1v) is 24.1. The van der Waals surface area contributed by atoms with Crippen LogP contribution in [0.4, 0.5) is 0 Å². The van der Waals surface area contributed by atoms with Crippen LogP contribution in [0.3, 0.4) is 0 Å². The first-order chi connectivity index (χ1) is 27.8. The van der Waals surface area contributed by atoms with Gasteiger partial charge in [-0.3, -0.25) is 18.6 Å². The van der Waals surface area contributed by atoms with Crippen molar-refractivity contribution < 1.29 is 47.8 Å². The third-order valence-electron chi connectivity index (χ3n) is 9.51. The summed E-state index contributed by atoms with van der Waals surface area (Å²) in [5.74, 6) is -1.04. The van der Waals surface area contributed by atoms with Crippen molar-refractivity contribution in [2.24, 2.45) is 0 Å². The molecule has 0 aliphatic heterocycles. The molecule has 0 saturated carbocycles. The summed E-state index contributed by atoms with van der Waals surface area (Å²) in [7, 11) is -4.64. The highest BCUT2D eigenvalue weighted by Gasteiger charge is 2.27. The number of aliphatic hydroxyl groups excluding tert-OH is 2. The summed E-state index contributed by atoms with van der Waals surface area (Å²) in [6, 6.07) is 0. The van der Waals surface area contributed by atoms with E-state index in [1.54, 1.807) is 0 Å². The summed E-state index contributed by atoms with van der Waals surface area (Å²) in [6.45, 7) is 2.14. The molecule has 3 N–H and O–H groups in total. The minimum absolute atomic E-state index is 0.175. The highest BCUT2D eigenvalue weighted by molar-refractivity contribution is 7.47. The van der Waals surface area contributed by atoms with Gasteiger partial charge in [0.15, 0.2) is 0 Å². The number of esters is 2. The Morgan fingerprint density at radius 1 is 0.474 bits per heavy atom. The number of rotatable bonds is 42. The van der Waals surface area contributed by atoms with Gasteiger partial charge in [-0.15, -0.1) is 0 Å². The first-order valence-electron chi connectivity index (χ1n) is 22.6. The maximum atomic E-state index is 12.4. The first kappa shape index (κ1) is 54.9. The van der Waals surface area contributed by atoms with Gasteiger partial charge in [-0.2, -0.15) is 0 Å². The fourth-order valence-corrected chi connectivity index (χ4v) is 6.78. The van der Waals surface area contributed by atoms with Crippen LogP contribution in [0.15, 0.2) is 48.6 Å². The van der Waals surface area contributed by atoms with Crippen LogP contribution in [0.1, 0.15) is 194 Å². The van der Waals surface area contributed by atoms with Gasteiger partial charge in [-0.1, -0.05) is 152 Å². The Balaban J connectivity index is 3.92. The van der Waals surface area contributed by atoms with Crippen LogP contribution in [-0.2, 0) is 32.7 Å². The molecule has 3 atom stereocenters. The molecule has 3 unspecified atom stereocenters. The minimum Gasteiger partial charge on any atom is -0.457 e. The van der Waals surface area contributed by atoms with E-state index in [4.69, 9.17) is 18.5 Å². The number of phosphoric ester groups is 1. The predicted octanol–water partition coefficient (Wildman–Crippen LogP) is 12.1. The van der Waals surface area contributed by atoms with Crippen LogP contribution in [-0.4, -0.2) is 65.7 Å². The van der Waals surface area contributed by atoms with Gasteiger partial charge in [-0.25, -0.2) is 4.57 Å². The van der Waals surface area contributed by atoms with Crippen molar-refractivity contribution >= 4 is 19.8 Å². The van der Waals surface area contributed by atoms with Crippen LogP contribution in [0.5, 0.6) is 0 Å². The average molecular weight is 827 g/mol. The van der Waals surface area contributed by atoms with Crippen LogP contribution in [0, 0.1) is 0 Å². The van der Waals surface area contributed by atoms with Gasteiger partial charge < -0.3 is 24.6 Å². The Labute approximate surface area is 347 Å². The molecule has 0 spiro atoms. The zero-order valence-electron chi connectivity index (χ0n) is 36.0. The third-order valence-corrected chi connectivity index (χ3v) is 10.5. The molecule has 11 heteroatoms. The zero-order chi connectivity index (χ0) is 41.9. The maximum Gasteiger partial charge on any atom is 0.472 e. The van der Waals surface area contributed by atoms with Crippen molar-refractivity contribution in [3.8, 4) is 0 Å². The molecule has 10 nitrogen and oxygen atoms in total. The normalized spacial score (nSPS) is 14.3. The maximum absolute atomic E-state index is 12.4. The van der Waals surface area contributed by atoms with Gasteiger partial charge in [0, 0.05) is 12.8 Å². The lowest BCUT2D eigenvalue weighted by molar-refractivity contribution is -0.153. The fraction of sp³-hybridized carbons (Fsp3) is 0.783. The molecule has 57 heavy (non-hydrogen) atoms. The molecule has 0 aliphatic rings. The van der Waals surface area contributed by atoms with E-state index in [9.17, 15) is 29.3 Å². The monoisotopic (exact) mass is 827 g/mol. The SMILES string of the molecule is CCCCC/C=C\C/C=C\CCCCCCCCCCCC(=O)OC(CO)COP(=O)(O)OCC(CO)OC(=O)CCCCCCC/C=C\C/C=C\CCCCC. The number of unbranched alkanes of at least 4 members (excludes halogenated alkanes) is 20. The average Bonchev–Trinajstić information content (AvgIpc) is 3.20. The Hall–Kier alpha value is -2.07. The molecule has 0 aromatic heterocycles. The number of carbonyl (C=O) groups is 2. The van der Waals surface area contributed by atoms with Gasteiger partial charge in [-0.05, 0) is 77.0 Å². The highest BCUT2D eigenvalue weighted by atomic mass is 31.2. The fourth-order valence-electron chi connectivity index (χ4n) is 6.00. The highest BCUT2D eigenvalue weighted by Crippen LogP contribution is 2.43. The summed E-state index contributed by atoms with van der Waals surface area (Å²) >= 11 is 0. The van der Waals surface area contributed by atoms with Crippen LogP contribution in [0.25, 0.3) is 0 Å². The molecule has 0 rings (SSSR count). The summed E-state index contributed by atoms with van der Waals surface area (Å²) < 4.78 is 32.6. The van der Waals surface area contributed by atoms with E-state index >= 15 is 0 Å². The number of phosphoric acid groups is 1. The predicted molar refractivity (Wildman–Crippen MR) is 233 cm³/mol. The number of hydrogen-bond donors (Lipinski definition) is 3. The van der Waals surface area contributed by atoms with E-state index in [-0.39, 0.29) is 12.8 Å². The second-order valence-corrected chi connectivity index (χ2v) is 16.5. The largest absolute Gasteiger partial charge is 0.472 e. The summed E-state index contributed by atoms with van der Waals surface area (Å²) in [4.78, 5) is 34.5. The summed E-state index contributed by atoms with van der Waals surface area (Å²) in [5.41, 5.74) is 0. The molecule has 0 bridgehead atoms. The van der Waals surface area contributed by atoms with Gasteiger partial charge >= 0.3 is 19.8 Å². The second kappa shape index (κ2) is 42.1. The van der Waals surface area contributed by atoms with Gasteiger partial charge in [0.1, 0.15) is 12.2 Å². The van der Waals surface area contributed by atoms with Crippen molar-refractivity contribution in [1.82, 2.24) is 0 Å². The number of aliphatic hydroxyl groups is 2. The Morgan fingerprint density at radius 3 is 1.09 bits per heavy atom. The molecule has 0 aliphatic carbocycles. The van der Waals surface area contributed by atoms with Gasteiger partial charge in [0.05, 0.1) is 26.4 Å². The van der Waals surface area contributed by atoms with E-state index < -0.39 is 58.4 Å². The molecule has 0 fully saturated rings. The van der Waals surface area contributed by atoms with E-state index in [2.05, 4.69) is 62.5 Å². The number of carbonyl (C=O) groups excluding carboxylic acids is 2. The topological polar surface area (TPSA) is 149 Å². The van der Waals surface area contributed by atoms with Gasteiger partial charge in [0.2, 0.25) is 0 Å². The molecular weight excluding hydrogens is 743 g/mol. The number of allylic oxidation sites excluding steroid dienone is 8. The van der Waals surface area contributed by atoms with Gasteiger partial charge in [0.25, 0.3) is 0 Å². The standard InChI is InChI=1S/C46H83O10P/c1-3-5-7-9-11-13-15-17-19-20-21-22-24-26-28-30-32-34-36-38-46(50)56-44(40-48)42-54-57(51,52)53-41-43(39-47)55-45(49)37-35-33-31-29-27-25-23-18-16-14-12-10-8-6-4-2/h11-14,17-19,23,43-44,47-48H,3-10,15-16,20-22,24-42H2,1-2H3,(H,51,52)/b13-11-,14-12-,19-17-,23-18-. The Bertz CT molecular complexity index is 1090. The van der Waals surface area contributed by atoms with E-state index in [0.29, 0.717) is 12.8 Å². The molecular formula is C46H83O10P. The van der Waals surface area contributed by atoms with Crippen molar-refractivity contribution in [1.29, 1.82) is 0 Å². The quantitative estimate of drug-likeness (QED) is 0.0235. The Kier molecular flexibility index (Phi) is 40.5. The third kappa shape index (κ3) is 40.5. The summed E-state index contributed by atoms with van der Waals surface area (Å²) in [6.07, 6.45) is 45.0. The molecule has 0 saturated heterocycles. The second-order valence-electron chi connectivity index (χ2n) is 15.0. The summed E-state index contributed by atoms with van der Waals surface area (Å²) in [5, 5.41) is 19.2. The molecule has 0 radical (unpaired) electrons. The van der Waals surface area contributed by atoms with E-state index in [0.717, 1.165) is 77.0 Å². The lowest BCUT2D eigenvalue weighted by Gasteiger charge is -2.20. The lowest BCUT2D eigenvalue weighted by atomic mass is 10.1. The van der Waals surface area contributed by atoms with Crippen LogP contribution < -0.4 is 0 Å². The van der Waals surface area contributed by atoms with E-state index in [1.165, 1.54) is 77.0 Å². The number of ether oxygens (including phenoxy) is 2. The molecule has 0 aromatic rings. The molecule has 0 heterocycles. The smallest absolute Gasteiger partial charge is 0.457 e.